The summed E-state index contributed by atoms with van der Waals surface area (Å²) in [5.41, 5.74) is 4.78. The Bertz CT molecular complexity index is 248. The van der Waals surface area contributed by atoms with Crippen LogP contribution in [0.4, 0.5) is 13.2 Å². The van der Waals surface area contributed by atoms with Gasteiger partial charge in [-0.15, -0.1) is 0 Å². The normalized spacial score (nSPS) is 20.9. The summed E-state index contributed by atoms with van der Waals surface area (Å²) >= 11 is 0. The summed E-state index contributed by atoms with van der Waals surface area (Å²) in [6.07, 6.45) is -1.86. The number of nitrogens with one attached hydrogen (secondary N) is 1. The maximum Gasteiger partial charge on any atom is 0.412 e. The van der Waals surface area contributed by atoms with Crippen molar-refractivity contribution in [2.24, 2.45) is 11.1 Å². The van der Waals surface area contributed by atoms with Crippen molar-refractivity contribution in [3.05, 3.63) is 0 Å². The molecule has 0 aromatic carbocycles. The average Bonchev–Trinajstić information content (AvgIpc) is 2.92. The quantitative estimate of drug-likeness (QED) is 0.753. The van der Waals surface area contributed by atoms with Crippen molar-refractivity contribution < 1.29 is 18.0 Å². The maximum atomic E-state index is 12.0. The number of hydrogen-bond acceptors (Lipinski definition) is 2. The Morgan fingerprint density at radius 1 is 1.53 bits per heavy atom. The molecule has 0 bridgehead atoms. The Morgan fingerprint density at radius 3 is 2.40 bits per heavy atom. The van der Waals surface area contributed by atoms with Gasteiger partial charge in [0.25, 0.3) is 0 Å². The zero-order chi connectivity index (χ0) is 11.7. The van der Waals surface area contributed by atoms with Crippen LogP contribution < -0.4 is 11.1 Å². The molecule has 1 saturated carbocycles. The molecule has 0 aromatic heterocycles. The predicted molar refractivity (Wildman–Crippen MR) is 49.0 cm³/mol. The van der Waals surface area contributed by atoms with Crippen molar-refractivity contribution in [2.75, 3.05) is 6.54 Å². The van der Waals surface area contributed by atoms with Crippen LogP contribution in [0, 0.1) is 5.41 Å². The molecule has 6 heteroatoms. The van der Waals surface area contributed by atoms with E-state index in [9.17, 15) is 18.0 Å². The summed E-state index contributed by atoms with van der Waals surface area (Å²) < 4.78 is 36.1. The molecule has 0 spiro atoms. The van der Waals surface area contributed by atoms with Gasteiger partial charge in [-0.3, -0.25) is 4.79 Å². The Kier molecular flexibility index (Phi) is 3.28. The highest BCUT2D eigenvalue weighted by Crippen LogP contribution is 2.47. The Labute approximate surface area is 86.2 Å². The van der Waals surface area contributed by atoms with Crippen LogP contribution in [-0.2, 0) is 4.79 Å². The minimum atomic E-state index is -4.66. The van der Waals surface area contributed by atoms with E-state index in [1.807, 2.05) is 6.92 Å². The lowest BCUT2D eigenvalue weighted by molar-refractivity contribution is -0.162. The predicted octanol–water partition coefficient (Wildman–Crippen LogP) is 1.18. The summed E-state index contributed by atoms with van der Waals surface area (Å²) in [6, 6.07) is -2.41. The molecule has 3 N–H and O–H groups in total. The summed E-state index contributed by atoms with van der Waals surface area (Å²) in [4.78, 5) is 11.0. The Balaban J connectivity index is 2.36. The molecule has 1 fully saturated rings. The molecule has 1 amide bonds. The van der Waals surface area contributed by atoms with Crippen molar-refractivity contribution in [3.8, 4) is 0 Å². The average molecular weight is 224 g/mol. The van der Waals surface area contributed by atoms with Crippen LogP contribution in [0.2, 0.25) is 0 Å². The molecule has 1 atom stereocenters. The third-order valence-electron chi connectivity index (χ3n) is 2.98. The van der Waals surface area contributed by atoms with Crippen LogP contribution in [-0.4, -0.2) is 24.7 Å². The fourth-order valence-electron chi connectivity index (χ4n) is 1.37. The van der Waals surface area contributed by atoms with Gasteiger partial charge in [-0.1, -0.05) is 6.92 Å². The lowest BCUT2D eigenvalue weighted by atomic mass is 10.0. The molecule has 88 valence electrons. The van der Waals surface area contributed by atoms with E-state index in [-0.39, 0.29) is 5.41 Å². The monoisotopic (exact) mass is 224 g/mol. The third kappa shape index (κ3) is 3.09. The highest BCUT2D eigenvalue weighted by molar-refractivity contribution is 5.82. The number of alkyl halides is 3. The van der Waals surface area contributed by atoms with E-state index < -0.39 is 18.1 Å². The maximum absolute atomic E-state index is 12.0. The van der Waals surface area contributed by atoms with Gasteiger partial charge in [0.1, 0.15) is 0 Å². The third-order valence-corrected chi connectivity index (χ3v) is 2.98. The minimum Gasteiger partial charge on any atom is -0.354 e. The first-order valence-electron chi connectivity index (χ1n) is 4.91. The van der Waals surface area contributed by atoms with Crippen LogP contribution in [0.3, 0.4) is 0 Å². The van der Waals surface area contributed by atoms with E-state index in [2.05, 4.69) is 5.32 Å². The van der Waals surface area contributed by atoms with Gasteiger partial charge in [0, 0.05) is 6.54 Å². The fourth-order valence-corrected chi connectivity index (χ4v) is 1.37. The number of hydrogen-bond donors (Lipinski definition) is 2. The van der Waals surface area contributed by atoms with Gasteiger partial charge >= 0.3 is 6.18 Å². The molecule has 0 aliphatic heterocycles. The van der Waals surface area contributed by atoms with Gasteiger partial charge in [-0.25, -0.2) is 0 Å². The summed E-state index contributed by atoms with van der Waals surface area (Å²) in [5.74, 6) is -1.14. The second-order valence-electron chi connectivity index (χ2n) is 4.09. The van der Waals surface area contributed by atoms with E-state index in [1.54, 1.807) is 0 Å². The molecule has 1 unspecified atom stereocenters. The molecular weight excluding hydrogens is 209 g/mol. The second kappa shape index (κ2) is 4.00. The minimum absolute atomic E-state index is 0.0287. The van der Waals surface area contributed by atoms with Crippen LogP contribution in [0.15, 0.2) is 0 Å². The van der Waals surface area contributed by atoms with Crippen LogP contribution in [0.1, 0.15) is 26.2 Å². The van der Waals surface area contributed by atoms with Gasteiger partial charge in [-0.05, 0) is 24.7 Å². The van der Waals surface area contributed by atoms with Gasteiger partial charge in [0.05, 0.1) is 0 Å². The van der Waals surface area contributed by atoms with Crippen molar-refractivity contribution in [1.29, 1.82) is 0 Å². The van der Waals surface area contributed by atoms with E-state index in [0.29, 0.717) is 6.54 Å². The van der Waals surface area contributed by atoms with Gasteiger partial charge < -0.3 is 11.1 Å². The first kappa shape index (κ1) is 12.3. The highest BCUT2D eigenvalue weighted by atomic mass is 19.4. The van der Waals surface area contributed by atoms with Crippen LogP contribution in [0.25, 0.3) is 0 Å². The molecule has 0 saturated heterocycles. The Morgan fingerprint density at radius 2 is 2.07 bits per heavy atom. The molecule has 1 rings (SSSR count). The van der Waals surface area contributed by atoms with E-state index >= 15 is 0 Å². The number of carbonyl (C=O) groups is 1. The molecule has 1 aliphatic carbocycles. The topological polar surface area (TPSA) is 55.1 Å². The zero-order valence-electron chi connectivity index (χ0n) is 8.53. The summed E-state index contributed by atoms with van der Waals surface area (Å²) in [7, 11) is 0. The van der Waals surface area contributed by atoms with Crippen molar-refractivity contribution in [1.82, 2.24) is 5.32 Å². The molecule has 0 heterocycles. The van der Waals surface area contributed by atoms with E-state index in [1.165, 1.54) is 0 Å². The molecule has 15 heavy (non-hydrogen) atoms. The summed E-state index contributed by atoms with van der Waals surface area (Å²) in [6.45, 7) is 2.26. The standard InChI is InChI=1S/C9H15F3N2O/c1-2-8(3-4-8)5-14-7(15)6(13)9(10,11)12/h6H,2-5,13H2,1H3,(H,14,15). The molecule has 0 aromatic rings. The molecule has 0 radical (unpaired) electrons. The molecule has 3 nitrogen and oxygen atoms in total. The SMILES string of the molecule is CCC1(CNC(=O)C(N)C(F)(F)F)CC1. The first-order valence-corrected chi connectivity index (χ1v) is 4.91. The number of halogens is 3. The van der Waals surface area contributed by atoms with Gasteiger partial charge in [0.15, 0.2) is 6.04 Å². The largest absolute Gasteiger partial charge is 0.412 e. The number of amides is 1. The second-order valence-corrected chi connectivity index (χ2v) is 4.09. The van der Waals surface area contributed by atoms with Gasteiger partial charge in [0.2, 0.25) is 5.91 Å². The highest BCUT2D eigenvalue weighted by Gasteiger charge is 2.44. The summed E-state index contributed by atoms with van der Waals surface area (Å²) in [5, 5.41) is 2.26. The van der Waals surface area contributed by atoms with Gasteiger partial charge in [-0.2, -0.15) is 13.2 Å². The smallest absolute Gasteiger partial charge is 0.354 e. The first-order chi connectivity index (χ1) is 6.81. The van der Waals surface area contributed by atoms with Crippen molar-refractivity contribution in [2.45, 2.75) is 38.4 Å². The lowest BCUT2D eigenvalue weighted by Gasteiger charge is -2.18. The van der Waals surface area contributed by atoms with Crippen LogP contribution in [0.5, 0.6) is 0 Å². The fraction of sp³-hybridized carbons (Fsp3) is 0.889. The van der Waals surface area contributed by atoms with E-state index in [4.69, 9.17) is 5.73 Å². The number of carbonyl (C=O) groups excluding carboxylic acids is 1. The number of nitrogens with two attached hydrogens (primary N) is 1. The Hall–Kier alpha value is -0.780. The van der Waals surface area contributed by atoms with E-state index in [0.717, 1.165) is 19.3 Å². The zero-order valence-corrected chi connectivity index (χ0v) is 8.53. The molecular formula is C9H15F3N2O. The number of rotatable bonds is 4. The van der Waals surface area contributed by atoms with Crippen LogP contribution >= 0.6 is 0 Å². The van der Waals surface area contributed by atoms with Crippen molar-refractivity contribution >= 4 is 5.91 Å². The molecule has 1 aliphatic rings. The lowest BCUT2D eigenvalue weighted by Crippen LogP contribution is -2.51. The van der Waals surface area contributed by atoms with Crippen molar-refractivity contribution in [3.63, 3.8) is 0 Å².